The average molecular weight is 254 g/mol. The average Bonchev–Trinajstić information content (AvgIpc) is 2.30. The molecule has 0 amide bonds. The molecule has 94 valence electrons. The molecule has 0 aromatic heterocycles. The fraction of sp³-hybridized carbons (Fsp3) is 0.462. The van der Waals surface area contributed by atoms with E-state index in [0.29, 0.717) is 12.2 Å². The van der Waals surface area contributed by atoms with Gasteiger partial charge in [-0.05, 0) is 31.2 Å². The van der Waals surface area contributed by atoms with Gasteiger partial charge in [0.2, 0.25) is 0 Å². The standard InChI is InChI=1S/C13H18O3S/c1-4-16-12-7-5-11(6-8-12)13(14)9-17(15)10(2)3/h5-8,10H,4,9H2,1-3H3. The zero-order chi connectivity index (χ0) is 12.8. The number of benzene rings is 1. The Labute approximate surface area is 105 Å². The Morgan fingerprint density at radius 3 is 2.35 bits per heavy atom. The Morgan fingerprint density at radius 2 is 1.88 bits per heavy atom. The molecule has 17 heavy (non-hydrogen) atoms. The number of ketones is 1. The molecule has 4 heteroatoms. The smallest absolute Gasteiger partial charge is 0.175 e. The molecule has 0 aliphatic heterocycles. The summed E-state index contributed by atoms with van der Waals surface area (Å²) in [5.74, 6) is 0.750. The van der Waals surface area contributed by atoms with Gasteiger partial charge in [-0.1, -0.05) is 13.8 Å². The normalized spacial score (nSPS) is 12.5. The van der Waals surface area contributed by atoms with Crippen LogP contribution in [-0.2, 0) is 10.8 Å². The van der Waals surface area contributed by atoms with E-state index in [-0.39, 0.29) is 16.8 Å². The lowest BCUT2D eigenvalue weighted by atomic mass is 10.1. The highest BCUT2D eigenvalue weighted by Crippen LogP contribution is 2.13. The molecule has 1 rings (SSSR count). The molecule has 3 nitrogen and oxygen atoms in total. The van der Waals surface area contributed by atoms with Crippen LogP contribution in [0.5, 0.6) is 5.75 Å². The van der Waals surface area contributed by atoms with Crippen LogP contribution in [-0.4, -0.2) is 27.6 Å². The summed E-state index contributed by atoms with van der Waals surface area (Å²) in [4.78, 5) is 11.8. The molecule has 0 saturated heterocycles. The molecule has 0 heterocycles. The van der Waals surface area contributed by atoms with Crippen molar-refractivity contribution in [2.75, 3.05) is 12.4 Å². The molecule has 0 spiro atoms. The van der Waals surface area contributed by atoms with Gasteiger partial charge < -0.3 is 4.74 Å². The number of rotatable bonds is 6. The largest absolute Gasteiger partial charge is 0.494 e. The molecular formula is C13H18O3S. The third kappa shape index (κ3) is 4.30. The Hall–Kier alpha value is -1.16. The zero-order valence-corrected chi connectivity index (χ0v) is 11.3. The van der Waals surface area contributed by atoms with Crippen LogP contribution in [0.1, 0.15) is 31.1 Å². The quantitative estimate of drug-likeness (QED) is 0.732. The van der Waals surface area contributed by atoms with E-state index in [2.05, 4.69) is 0 Å². The minimum atomic E-state index is -1.09. The number of hydrogen-bond acceptors (Lipinski definition) is 3. The minimum absolute atomic E-state index is 0.0154. The van der Waals surface area contributed by atoms with Crippen LogP contribution in [0.25, 0.3) is 0 Å². The van der Waals surface area contributed by atoms with Gasteiger partial charge in [-0.25, -0.2) is 0 Å². The van der Waals surface area contributed by atoms with Crippen LogP contribution in [0.2, 0.25) is 0 Å². The molecule has 0 N–H and O–H groups in total. The molecular weight excluding hydrogens is 236 g/mol. The van der Waals surface area contributed by atoms with E-state index in [4.69, 9.17) is 4.74 Å². The zero-order valence-electron chi connectivity index (χ0n) is 10.4. The summed E-state index contributed by atoms with van der Waals surface area (Å²) in [5, 5.41) is 0.0154. The summed E-state index contributed by atoms with van der Waals surface area (Å²) >= 11 is 0. The van der Waals surface area contributed by atoms with Crippen LogP contribution in [0.15, 0.2) is 24.3 Å². The Balaban J connectivity index is 2.66. The van der Waals surface area contributed by atoms with Crippen molar-refractivity contribution in [3.05, 3.63) is 29.8 Å². The second kappa shape index (κ2) is 6.55. The molecule has 0 bridgehead atoms. The van der Waals surface area contributed by atoms with E-state index in [1.54, 1.807) is 24.3 Å². The van der Waals surface area contributed by atoms with Crippen LogP contribution < -0.4 is 4.74 Å². The number of carbonyl (C=O) groups excluding carboxylic acids is 1. The SMILES string of the molecule is CCOc1ccc(C(=O)CS(=O)C(C)C)cc1. The monoisotopic (exact) mass is 254 g/mol. The highest BCUT2D eigenvalue weighted by atomic mass is 32.2. The predicted octanol–water partition coefficient (Wildman–Crippen LogP) is 2.43. The van der Waals surface area contributed by atoms with Crippen molar-refractivity contribution < 1.29 is 13.7 Å². The van der Waals surface area contributed by atoms with Crippen LogP contribution in [0, 0.1) is 0 Å². The van der Waals surface area contributed by atoms with Crippen molar-refractivity contribution >= 4 is 16.6 Å². The first-order chi connectivity index (χ1) is 8.04. The first kappa shape index (κ1) is 13.9. The van der Waals surface area contributed by atoms with Gasteiger partial charge in [-0.15, -0.1) is 0 Å². The fourth-order valence-corrected chi connectivity index (χ4v) is 2.04. The summed E-state index contributed by atoms with van der Waals surface area (Å²) in [6, 6.07) is 6.94. The lowest BCUT2D eigenvalue weighted by Crippen LogP contribution is -2.17. The van der Waals surface area contributed by atoms with E-state index in [1.165, 1.54) is 0 Å². The number of ether oxygens (including phenoxy) is 1. The van der Waals surface area contributed by atoms with Crippen LogP contribution >= 0.6 is 0 Å². The van der Waals surface area contributed by atoms with Crippen molar-refractivity contribution in [3.8, 4) is 5.75 Å². The fourth-order valence-electron chi connectivity index (χ4n) is 1.28. The number of carbonyl (C=O) groups is 1. The molecule has 0 saturated carbocycles. The maximum absolute atomic E-state index is 11.8. The Bertz CT molecular complexity index is 396. The van der Waals surface area contributed by atoms with Crippen molar-refractivity contribution in [1.29, 1.82) is 0 Å². The van der Waals surface area contributed by atoms with E-state index >= 15 is 0 Å². The lowest BCUT2D eigenvalue weighted by Gasteiger charge is -2.06. The third-order valence-corrected chi connectivity index (χ3v) is 3.88. The van der Waals surface area contributed by atoms with Crippen molar-refractivity contribution in [2.24, 2.45) is 0 Å². The topological polar surface area (TPSA) is 43.4 Å². The minimum Gasteiger partial charge on any atom is -0.494 e. The second-order valence-electron chi connectivity index (χ2n) is 3.95. The van der Waals surface area contributed by atoms with Crippen molar-refractivity contribution in [1.82, 2.24) is 0 Å². The summed E-state index contributed by atoms with van der Waals surface area (Å²) in [5.41, 5.74) is 0.586. The number of Topliss-reactive ketones (excluding diaryl/α,β-unsaturated/α-hetero) is 1. The molecule has 0 aliphatic rings. The van der Waals surface area contributed by atoms with Gasteiger partial charge in [0, 0.05) is 21.6 Å². The van der Waals surface area contributed by atoms with E-state index < -0.39 is 10.8 Å². The highest BCUT2D eigenvalue weighted by Gasteiger charge is 2.13. The van der Waals surface area contributed by atoms with Crippen LogP contribution in [0.3, 0.4) is 0 Å². The Kier molecular flexibility index (Phi) is 5.35. The third-order valence-electron chi connectivity index (χ3n) is 2.29. The molecule has 1 unspecified atom stereocenters. The summed E-state index contributed by atoms with van der Waals surface area (Å²) in [7, 11) is -1.09. The highest BCUT2D eigenvalue weighted by molar-refractivity contribution is 7.86. The van der Waals surface area contributed by atoms with Crippen molar-refractivity contribution in [3.63, 3.8) is 0 Å². The second-order valence-corrected chi connectivity index (χ2v) is 5.95. The molecule has 1 atom stereocenters. The molecule has 0 fully saturated rings. The molecule has 1 aromatic rings. The van der Waals surface area contributed by atoms with Gasteiger partial charge in [0.05, 0.1) is 12.4 Å². The summed E-state index contributed by atoms with van der Waals surface area (Å²) in [6.07, 6.45) is 0. The maximum atomic E-state index is 11.8. The van der Waals surface area contributed by atoms with Gasteiger partial charge in [0.1, 0.15) is 5.75 Å². The van der Waals surface area contributed by atoms with Crippen LogP contribution in [0.4, 0.5) is 0 Å². The lowest BCUT2D eigenvalue weighted by molar-refractivity contribution is 0.102. The van der Waals surface area contributed by atoms with Gasteiger partial charge in [0.15, 0.2) is 5.78 Å². The van der Waals surface area contributed by atoms with E-state index in [9.17, 15) is 9.00 Å². The van der Waals surface area contributed by atoms with Gasteiger partial charge >= 0.3 is 0 Å². The van der Waals surface area contributed by atoms with Crippen molar-refractivity contribution in [2.45, 2.75) is 26.0 Å². The van der Waals surface area contributed by atoms with Gasteiger partial charge in [-0.2, -0.15) is 0 Å². The van der Waals surface area contributed by atoms with E-state index in [0.717, 1.165) is 5.75 Å². The maximum Gasteiger partial charge on any atom is 0.175 e. The summed E-state index contributed by atoms with van der Waals surface area (Å²) < 4.78 is 16.9. The molecule has 0 aliphatic carbocycles. The Morgan fingerprint density at radius 1 is 1.29 bits per heavy atom. The molecule has 0 radical (unpaired) electrons. The van der Waals surface area contributed by atoms with Gasteiger partial charge in [0.25, 0.3) is 0 Å². The first-order valence-corrected chi connectivity index (χ1v) is 7.06. The van der Waals surface area contributed by atoms with Gasteiger partial charge in [-0.3, -0.25) is 9.00 Å². The number of hydrogen-bond donors (Lipinski definition) is 0. The predicted molar refractivity (Wildman–Crippen MR) is 70.1 cm³/mol. The van der Waals surface area contributed by atoms with E-state index in [1.807, 2.05) is 20.8 Å². The summed E-state index contributed by atoms with van der Waals surface area (Å²) in [6.45, 7) is 6.21. The first-order valence-electron chi connectivity index (χ1n) is 5.67. The molecule has 1 aromatic carbocycles.